The van der Waals surface area contributed by atoms with Crippen LogP contribution >= 0.6 is 23.1 Å². The number of rotatable bonds is 6. The van der Waals surface area contributed by atoms with E-state index >= 15 is 0 Å². The lowest BCUT2D eigenvalue weighted by molar-refractivity contribution is -0.118. The summed E-state index contributed by atoms with van der Waals surface area (Å²) in [5, 5.41) is 4.51. The normalized spacial score (nSPS) is 17.0. The van der Waals surface area contributed by atoms with Crippen LogP contribution in [0.2, 0.25) is 0 Å². The number of aromatic nitrogens is 2. The van der Waals surface area contributed by atoms with E-state index in [4.69, 9.17) is 5.73 Å². The van der Waals surface area contributed by atoms with E-state index in [-0.39, 0.29) is 5.91 Å². The van der Waals surface area contributed by atoms with Crippen molar-refractivity contribution in [2.45, 2.75) is 37.3 Å². The Balaban J connectivity index is 1.70. The predicted octanol–water partition coefficient (Wildman–Crippen LogP) is 2.48. The minimum Gasteiger partial charge on any atom is -0.383 e. The molecule has 8 heteroatoms. The van der Waals surface area contributed by atoms with Gasteiger partial charge in [0.15, 0.2) is 5.16 Å². The number of thioether (sulfide) groups is 1. The van der Waals surface area contributed by atoms with Gasteiger partial charge >= 0.3 is 0 Å². The highest BCUT2D eigenvalue weighted by molar-refractivity contribution is 7.99. The predicted molar refractivity (Wildman–Crippen MR) is 105 cm³/mol. The van der Waals surface area contributed by atoms with Crippen LogP contribution in [0.25, 0.3) is 10.2 Å². The summed E-state index contributed by atoms with van der Waals surface area (Å²) in [6.07, 6.45) is 3.53. The molecule has 2 aromatic heterocycles. The fraction of sp³-hybridized carbons (Fsp3) is 0.588. The first-order chi connectivity index (χ1) is 12.0. The first kappa shape index (κ1) is 18.4. The average molecular weight is 380 g/mol. The molecule has 1 amide bonds. The number of carbonyl (C=O) groups is 1. The number of hydrogen-bond donors (Lipinski definition) is 2. The molecule has 6 nitrogen and oxygen atoms in total. The van der Waals surface area contributed by atoms with Crippen LogP contribution in [0.3, 0.4) is 0 Å². The SMILES string of the molecule is CC1CCCc2sc3nc(SCC(=O)NCCN(C)C)nc(N)c3c21. The third-order valence-corrected chi connectivity index (χ3v) is 6.43. The summed E-state index contributed by atoms with van der Waals surface area (Å²) in [5.41, 5.74) is 7.59. The molecule has 0 fully saturated rings. The Labute approximate surface area is 156 Å². The minimum atomic E-state index is -0.00628. The Kier molecular flexibility index (Phi) is 5.81. The van der Waals surface area contributed by atoms with Crippen molar-refractivity contribution in [1.82, 2.24) is 20.2 Å². The topological polar surface area (TPSA) is 84.1 Å². The number of fused-ring (bicyclic) bond motifs is 3. The molecule has 3 N–H and O–H groups in total. The van der Waals surface area contributed by atoms with Crippen LogP contribution in [0.4, 0.5) is 5.82 Å². The lowest BCUT2D eigenvalue weighted by Crippen LogP contribution is -2.32. The van der Waals surface area contributed by atoms with Gasteiger partial charge in [0.25, 0.3) is 0 Å². The summed E-state index contributed by atoms with van der Waals surface area (Å²) in [5.74, 6) is 1.37. The molecule has 0 saturated heterocycles. The number of aryl methyl sites for hydroxylation is 1. The molecule has 25 heavy (non-hydrogen) atoms. The first-order valence-electron chi connectivity index (χ1n) is 8.58. The third-order valence-electron chi connectivity index (χ3n) is 4.42. The Morgan fingerprint density at radius 2 is 2.24 bits per heavy atom. The van der Waals surface area contributed by atoms with Crippen LogP contribution in [0.15, 0.2) is 5.16 Å². The zero-order chi connectivity index (χ0) is 18.0. The van der Waals surface area contributed by atoms with Gasteiger partial charge in [0.2, 0.25) is 5.91 Å². The van der Waals surface area contributed by atoms with E-state index in [0.29, 0.717) is 29.2 Å². The van der Waals surface area contributed by atoms with Crippen molar-refractivity contribution in [2.75, 3.05) is 38.7 Å². The quantitative estimate of drug-likeness (QED) is 0.593. The maximum absolute atomic E-state index is 11.9. The molecule has 1 atom stereocenters. The molecule has 0 saturated carbocycles. The number of nitrogens with zero attached hydrogens (tertiary/aromatic N) is 3. The third kappa shape index (κ3) is 4.24. The van der Waals surface area contributed by atoms with E-state index in [0.717, 1.165) is 23.2 Å². The highest BCUT2D eigenvalue weighted by atomic mass is 32.2. The van der Waals surface area contributed by atoms with Gasteiger partial charge in [-0.2, -0.15) is 0 Å². The second-order valence-corrected chi connectivity index (χ2v) is 8.77. The minimum absolute atomic E-state index is 0.00628. The average Bonchev–Trinajstić information content (AvgIpc) is 2.92. The van der Waals surface area contributed by atoms with Gasteiger partial charge in [0, 0.05) is 18.0 Å². The van der Waals surface area contributed by atoms with Gasteiger partial charge < -0.3 is 16.0 Å². The molecule has 0 aliphatic heterocycles. The van der Waals surface area contributed by atoms with Crippen LogP contribution in [-0.2, 0) is 11.2 Å². The van der Waals surface area contributed by atoms with Gasteiger partial charge in [-0.1, -0.05) is 18.7 Å². The molecule has 0 bridgehead atoms. The smallest absolute Gasteiger partial charge is 0.230 e. The van der Waals surface area contributed by atoms with E-state index in [2.05, 4.69) is 22.2 Å². The molecule has 3 rings (SSSR count). The second kappa shape index (κ2) is 7.88. The summed E-state index contributed by atoms with van der Waals surface area (Å²) in [7, 11) is 3.96. The zero-order valence-corrected chi connectivity index (χ0v) is 16.6. The molecule has 0 radical (unpaired) electrons. The van der Waals surface area contributed by atoms with Crippen LogP contribution in [0, 0.1) is 0 Å². The molecule has 0 aromatic carbocycles. The van der Waals surface area contributed by atoms with Crippen LogP contribution < -0.4 is 11.1 Å². The molecule has 0 spiro atoms. The summed E-state index contributed by atoms with van der Waals surface area (Å²) in [6.45, 7) is 3.72. The maximum atomic E-state index is 11.9. The van der Waals surface area contributed by atoms with Crippen molar-refractivity contribution in [2.24, 2.45) is 0 Å². The Bertz CT molecular complexity index is 774. The number of anilines is 1. The van der Waals surface area contributed by atoms with Gasteiger partial charge in [-0.25, -0.2) is 9.97 Å². The monoisotopic (exact) mass is 379 g/mol. The molecular weight excluding hydrogens is 354 g/mol. The number of nitrogen functional groups attached to an aromatic ring is 1. The number of nitrogens with two attached hydrogens (primary N) is 1. The number of hydrogen-bond acceptors (Lipinski definition) is 7. The van der Waals surface area contributed by atoms with Crippen molar-refractivity contribution in [3.05, 3.63) is 10.4 Å². The van der Waals surface area contributed by atoms with Crippen molar-refractivity contribution < 1.29 is 4.79 Å². The summed E-state index contributed by atoms with van der Waals surface area (Å²) in [4.78, 5) is 25.4. The number of carbonyl (C=O) groups excluding carboxylic acids is 1. The van der Waals surface area contributed by atoms with E-state index in [1.165, 1.54) is 35.0 Å². The lowest BCUT2D eigenvalue weighted by Gasteiger charge is -2.18. The molecule has 2 heterocycles. The van der Waals surface area contributed by atoms with Gasteiger partial charge in [-0.15, -0.1) is 11.3 Å². The number of likely N-dealkylation sites (N-methyl/N-ethyl adjacent to an activating group) is 1. The maximum Gasteiger partial charge on any atom is 0.230 e. The zero-order valence-electron chi connectivity index (χ0n) is 15.0. The van der Waals surface area contributed by atoms with E-state index in [9.17, 15) is 4.79 Å². The molecule has 1 aliphatic rings. The molecule has 1 unspecified atom stereocenters. The van der Waals surface area contributed by atoms with Gasteiger partial charge in [0.05, 0.1) is 11.1 Å². The van der Waals surface area contributed by atoms with E-state index < -0.39 is 0 Å². The summed E-state index contributed by atoms with van der Waals surface area (Å²) in [6, 6.07) is 0. The van der Waals surface area contributed by atoms with Crippen molar-refractivity contribution in [3.63, 3.8) is 0 Å². The second-order valence-electron chi connectivity index (χ2n) is 6.75. The summed E-state index contributed by atoms with van der Waals surface area (Å²) >= 11 is 3.07. The molecule has 136 valence electrons. The Morgan fingerprint density at radius 1 is 1.44 bits per heavy atom. The Hall–Kier alpha value is -1.38. The number of nitrogens with one attached hydrogen (secondary N) is 1. The Morgan fingerprint density at radius 3 is 3.00 bits per heavy atom. The van der Waals surface area contributed by atoms with Crippen molar-refractivity contribution in [1.29, 1.82) is 0 Å². The summed E-state index contributed by atoms with van der Waals surface area (Å²) < 4.78 is 0. The largest absolute Gasteiger partial charge is 0.383 e. The van der Waals surface area contributed by atoms with E-state index in [1.54, 1.807) is 11.3 Å². The lowest BCUT2D eigenvalue weighted by atomic mass is 9.87. The highest BCUT2D eigenvalue weighted by Crippen LogP contribution is 2.43. The van der Waals surface area contributed by atoms with Gasteiger partial charge in [-0.3, -0.25) is 4.79 Å². The van der Waals surface area contributed by atoms with Crippen LogP contribution in [-0.4, -0.2) is 53.7 Å². The molecular formula is C17H25N5OS2. The van der Waals surface area contributed by atoms with Crippen molar-refractivity contribution >= 4 is 45.0 Å². The van der Waals surface area contributed by atoms with Gasteiger partial charge in [-0.05, 0) is 44.8 Å². The standard InChI is InChI=1S/C17H25N5OS2/c1-10-5-4-6-11-13(10)14-15(18)20-17(21-16(14)25-11)24-9-12(23)19-7-8-22(2)3/h10H,4-9H2,1-3H3,(H,19,23)(H2,18,20,21). The first-order valence-corrected chi connectivity index (χ1v) is 10.4. The number of amides is 1. The molecule has 1 aliphatic carbocycles. The van der Waals surface area contributed by atoms with Crippen LogP contribution in [0.1, 0.15) is 36.1 Å². The fourth-order valence-corrected chi connectivity index (χ4v) is 5.24. The van der Waals surface area contributed by atoms with Gasteiger partial charge in [0.1, 0.15) is 10.6 Å². The molecule has 2 aromatic rings. The fourth-order valence-electron chi connectivity index (χ4n) is 3.16. The number of thiophene rings is 1. The van der Waals surface area contributed by atoms with E-state index in [1.807, 2.05) is 19.0 Å². The highest BCUT2D eigenvalue weighted by Gasteiger charge is 2.25. The van der Waals surface area contributed by atoms with Crippen LogP contribution in [0.5, 0.6) is 0 Å². The van der Waals surface area contributed by atoms with Crippen molar-refractivity contribution in [3.8, 4) is 0 Å².